The first-order valence-corrected chi connectivity index (χ1v) is 6.07. The third-order valence-electron chi connectivity index (χ3n) is 2.41. The first kappa shape index (κ1) is 11.0. The molecule has 1 N–H and O–H groups in total. The second-order valence-electron chi connectivity index (χ2n) is 3.59. The summed E-state index contributed by atoms with van der Waals surface area (Å²) < 4.78 is 1.82. The molecule has 0 saturated heterocycles. The van der Waals surface area contributed by atoms with Gasteiger partial charge in [-0.3, -0.25) is 4.79 Å². The van der Waals surface area contributed by atoms with E-state index in [2.05, 4.69) is 11.4 Å². The van der Waals surface area contributed by atoms with E-state index in [0.29, 0.717) is 12.2 Å². The van der Waals surface area contributed by atoms with Crippen LogP contribution in [-0.2, 0) is 13.5 Å². The van der Waals surface area contributed by atoms with Crippen molar-refractivity contribution >= 4 is 17.2 Å². The summed E-state index contributed by atoms with van der Waals surface area (Å²) in [6.45, 7) is 0.685. The first-order chi connectivity index (χ1) is 7.77. The minimum atomic E-state index is -0.0101. The van der Waals surface area contributed by atoms with Crippen LogP contribution >= 0.6 is 11.3 Å². The third kappa shape index (κ3) is 2.52. The van der Waals surface area contributed by atoms with Gasteiger partial charge >= 0.3 is 0 Å². The van der Waals surface area contributed by atoms with Crippen LogP contribution in [-0.4, -0.2) is 17.0 Å². The number of thiophene rings is 1. The lowest BCUT2D eigenvalue weighted by atomic mass is 10.3. The lowest BCUT2D eigenvalue weighted by molar-refractivity contribution is 0.0946. The van der Waals surface area contributed by atoms with Crippen LogP contribution in [0.5, 0.6) is 0 Å². The van der Waals surface area contributed by atoms with Gasteiger partial charge in [-0.1, -0.05) is 6.07 Å². The van der Waals surface area contributed by atoms with E-state index in [-0.39, 0.29) is 5.91 Å². The fourth-order valence-electron chi connectivity index (χ4n) is 1.54. The summed E-state index contributed by atoms with van der Waals surface area (Å²) in [7, 11) is 1.87. The number of carbonyl (C=O) groups excluding carboxylic acids is 1. The highest BCUT2D eigenvalue weighted by Crippen LogP contribution is 2.08. The topological polar surface area (TPSA) is 34.0 Å². The average Bonchev–Trinajstić information content (AvgIpc) is 2.88. The molecule has 16 heavy (non-hydrogen) atoms. The SMILES string of the molecule is Cn1cccc1C(=O)NCCc1cccs1. The van der Waals surface area contributed by atoms with Crippen molar-refractivity contribution < 1.29 is 4.79 Å². The van der Waals surface area contributed by atoms with E-state index in [1.165, 1.54) is 4.88 Å². The predicted octanol–water partition coefficient (Wildman–Crippen LogP) is 2.06. The molecule has 4 heteroatoms. The van der Waals surface area contributed by atoms with Crippen LogP contribution in [0.25, 0.3) is 0 Å². The van der Waals surface area contributed by atoms with E-state index in [9.17, 15) is 4.79 Å². The summed E-state index contributed by atoms with van der Waals surface area (Å²) >= 11 is 1.72. The maximum absolute atomic E-state index is 11.7. The average molecular weight is 234 g/mol. The summed E-state index contributed by atoms with van der Waals surface area (Å²) in [5.74, 6) is -0.0101. The lowest BCUT2D eigenvalue weighted by Gasteiger charge is -2.04. The van der Waals surface area contributed by atoms with E-state index >= 15 is 0 Å². The fraction of sp³-hybridized carbons (Fsp3) is 0.250. The molecule has 84 valence electrons. The number of hydrogen-bond acceptors (Lipinski definition) is 2. The van der Waals surface area contributed by atoms with Crippen molar-refractivity contribution in [2.75, 3.05) is 6.54 Å². The Labute approximate surface area is 98.7 Å². The molecule has 0 spiro atoms. The Balaban J connectivity index is 1.83. The molecule has 1 amide bonds. The van der Waals surface area contributed by atoms with Gasteiger partial charge in [0.05, 0.1) is 0 Å². The fourth-order valence-corrected chi connectivity index (χ4v) is 2.25. The number of amides is 1. The molecule has 0 aromatic carbocycles. The highest BCUT2D eigenvalue weighted by molar-refractivity contribution is 7.09. The van der Waals surface area contributed by atoms with Gasteiger partial charge in [0.1, 0.15) is 5.69 Å². The largest absolute Gasteiger partial charge is 0.350 e. The van der Waals surface area contributed by atoms with Gasteiger partial charge in [-0.15, -0.1) is 11.3 Å². The van der Waals surface area contributed by atoms with Gasteiger partial charge in [0.2, 0.25) is 0 Å². The van der Waals surface area contributed by atoms with Gasteiger partial charge in [-0.25, -0.2) is 0 Å². The molecule has 0 atom stereocenters. The van der Waals surface area contributed by atoms with E-state index in [0.717, 1.165) is 6.42 Å². The minimum absolute atomic E-state index is 0.0101. The number of aromatic nitrogens is 1. The van der Waals surface area contributed by atoms with Crippen molar-refractivity contribution in [2.24, 2.45) is 7.05 Å². The molecule has 0 bridgehead atoms. The van der Waals surface area contributed by atoms with Crippen LogP contribution in [0.15, 0.2) is 35.8 Å². The Morgan fingerprint density at radius 3 is 2.94 bits per heavy atom. The summed E-state index contributed by atoms with van der Waals surface area (Å²) in [6.07, 6.45) is 2.77. The molecule has 2 heterocycles. The Morgan fingerprint density at radius 1 is 1.44 bits per heavy atom. The quantitative estimate of drug-likeness (QED) is 0.863. The molecule has 0 saturated carbocycles. The van der Waals surface area contributed by atoms with Crippen LogP contribution in [0.3, 0.4) is 0 Å². The maximum atomic E-state index is 11.7. The van der Waals surface area contributed by atoms with Crippen molar-refractivity contribution in [1.29, 1.82) is 0 Å². The Hall–Kier alpha value is -1.55. The Kier molecular flexibility index (Phi) is 3.41. The van der Waals surface area contributed by atoms with E-state index in [1.54, 1.807) is 11.3 Å². The normalized spacial score (nSPS) is 10.3. The zero-order valence-corrected chi connectivity index (χ0v) is 9.96. The van der Waals surface area contributed by atoms with Gasteiger partial charge < -0.3 is 9.88 Å². The van der Waals surface area contributed by atoms with Crippen LogP contribution in [0, 0.1) is 0 Å². The van der Waals surface area contributed by atoms with Gasteiger partial charge in [0.15, 0.2) is 0 Å². The molecule has 0 aliphatic heterocycles. The maximum Gasteiger partial charge on any atom is 0.267 e. The van der Waals surface area contributed by atoms with Crippen molar-refractivity contribution in [3.63, 3.8) is 0 Å². The predicted molar refractivity (Wildman–Crippen MR) is 65.8 cm³/mol. The second-order valence-corrected chi connectivity index (χ2v) is 4.62. The van der Waals surface area contributed by atoms with Gasteiger partial charge in [-0.2, -0.15) is 0 Å². The van der Waals surface area contributed by atoms with Crippen LogP contribution in [0.2, 0.25) is 0 Å². The number of hydrogen-bond donors (Lipinski definition) is 1. The number of nitrogens with one attached hydrogen (secondary N) is 1. The molecule has 0 radical (unpaired) electrons. The molecular weight excluding hydrogens is 220 g/mol. The number of aryl methyl sites for hydroxylation is 1. The molecule has 3 nitrogen and oxygen atoms in total. The molecule has 0 unspecified atom stereocenters. The van der Waals surface area contributed by atoms with E-state index < -0.39 is 0 Å². The van der Waals surface area contributed by atoms with Crippen molar-refractivity contribution in [3.05, 3.63) is 46.4 Å². The smallest absolute Gasteiger partial charge is 0.267 e. The Bertz CT molecular complexity index is 459. The zero-order chi connectivity index (χ0) is 11.4. The second kappa shape index (κ2) is 4.99. The standard InChI is InChI=1S/C12H14N2OS/c1-14-8-2-5-11(14)12(15)13-7-6-10-4-3-9-16-10/h2-5,8-9H,6-7H2,1H3,(H,13,15). The molecule has 2 rings (SSSR count). The molecule has 2 aromatic rings. The van der Waals surface area contributed by atoms with Crippen molar-refractivity contribution in [2.45, 2.75) is 6.42 Å². The summed E-state index contributed by atoms with van der Waals surface area (Å²) in [4.78, 5) is 13.0. The minimum Gasteiger partial charge on any atom is -0.350 e. The highest BCUT2D eigenvalue weighted by Gasteiger charge is 2.07. The first-order valence-electron chi connectivity index (χ1n) is 5.19. The van der Waals surface area contributed by atoms with Gasteiger partial charge in [0, 0.05) is 24.7 Å². The number of nitrogens with zero attached hydrogens (tertiary/aromatic N) is 1. The monoisotopic (exact) mass is 234 g/mol. The Morgan fingerprint density at radius 2 is 2.31 bits per heavy atom. The summed E-state index contributed by atoms with van der Waals surface area (Å²) in [5.41, 5.74) is 0.700. The highest BCUT2D eigenvalue weighted by atomic mass is 32.1. The molecule has 0 aliphatic rings. The third-order valence-corrected chi connectivity index (χ3v) is 3.35. The van der Waals surface area contributed by atoms with Crippen molar-refractivity contribution in [1.82, 2.24) is 9.88 Å². The molecule has 0 fully saturated rings. The van der Waals surface area contributed by atoms with Crippen LogP contribution in [0.4, 0.5) is 0 Å². The zero-order valence-electron chi connectivity index (χ0n) is 9.14. The van der Waals surface area contributed by atoms with E-state index in [1.807, 2.05) is 41.4 Å². The van der Waals surface area contributed by atoms with Crippen LogP contribution in [0.1, 0.15) is 15.4 Å². The van der Waals surface area contributed by atoms with Gasteiger partial charge in [-0.05, 0) is 30.0 Å². The molecule has 2 aromatic heterocycles. The van der Waals surface area contributed by atoms with Crippen molar-refractivity contribution in [3.8, 4) is 0 Å². The lowest BCUT2D eigenvalue weighted by Crippen LogP contribution is -2.27. The van der Waals surface area contributed by atoms with Crippen LogP contribution < -0.4 is 5.32 Å². The summed E-state index contributed by atoms with van der Waals surface area (Å²) in [5, 5.41) is 4.96. The number of carbonyl (C=O) groups is 1. The molecular formula is C12H14N2OS. The number of rotatable bonds is 4. The van der Waals surface area contributed by atoms with E-state index in [4.69, 9.17) is 0 Å². The van der Waals surface area contributed by atoms with Gasteiger partial charge in [0.25, 0.3) is 5.91 Å². The molecule has 0 aliphatic carbocycles. The summed E-state index contributed by atoms with van der Waals surface area (Å²) in [6, 6.07) is 7.80.